The molecule has 7 nitrogen and oxygen atoms in total. The molecular weight excluding hydrogens is 380 g/mol. The van der Waals surface area contributed by atoms with Crippen molar-refractivity contribution in [2.75, 3.05) is 31.6 Å². The SMILES string of the molecule is Cc1ccc(C(=O)Nc2cnn(-c3ccc(C(=O)N4CCOCC4)cc3)c2)c(C)c1. The van der Waals surface area contributed by atoms with Gasteiger partial charge in [-0.15, -0.1) is 0 Å². The minimum absolute atomic E-state index is 0.00624. The number of aryl methyl sites for hydroxylation is 2. The average molecular weight is 404 g/mol. The zero-order valence-electron chi connectivity index (χ0n) is 17.1. The summed E-state index contributed by atoms with van der Waals surface area (Å²) < 4.78 is 6.96. The van der Waals surface area contributed by atoms with Gasteiger partial charge < -0.3 is 15.0 Å². The highest BCUT2D eigenvalue weighted by molar-refractivity contribution is 6.05. The van der Waals surface area contributed by atoms with Crippen molar-refractivity contribution >= 4 is 17.5 Å². The van der Waals surface area contributed by atoms with Crippen LogP contribution in [0, 0.1) is 13.8 Å². The fraction of sp³-hybridized carbons (Fsp3) is 0.261. The first kappa shape index (κ1) is 19.8. The fourth-order valence-corrected chi connectivity index (χ4v) is 3.50. The molecule has 1 aliphatic rings. The quantitative estimate of drug-likeness (QED) is 0.724. The second kappa shape index (κ2) is 8.51. The van der Waals surface area contributed by atoms with Crippen LogP contribution >= 0.6 is 0 Å². The minimum Gasteiger partial charge on any atom is -0.378 e. The van der Waals surface area contributed by atoms with Gasteiger partial charge in [0.2, 0.25) is 0 Å². The maximum atomic E-state index is 12.6. The lowest BCUT2D eigenvalue weighted by molar-refractivity contribution is 0.0303. The molecule has 1 N–H and O–H groups in total. The van der Waals surface area contributed by atoms with Gasteiger partial charge >= 0.3 is 0 Å². The van der Waals surface area contributed by atoms with E-state index in [1.165, 1.54) is 0 Å². The Kier molecular flexibility index (Phi) is 5.63. The molecular formula is C23H24N4O3. The van der Waals surface area contributed by atoms with E-state index in [0.29, 0.717) is 43.1 Å². The molecule has 2 aromatic carbocycles. The Bertz CT molecular complexity index is 1070. The summed E-state index contributed by atoms with van der Waals surface area (Å²) in [5.74, 6) is -0.162. The van der Waals surface area contributed by atoms with Crippen molar-refractivity contribution in [2.24, 2.45) is 0 Å². The molecule has 0 aliphatic carbocycles. The number of aromatic nitrogens is 2. The van der Waals surface area contributed by atoms with E-state index in [0.717, 1.165) is 16.8 Å². The monoisotopic (exact) mass is 404 g/mol. The zero-order valence-corrected chi connectivity index (χ0v) is 17.1. The predicted molar refractivity (Wildman–Crippen MR) is 114 cm³/mol. The van der Waals surface area contributed by atoms with Crippen LogP contribution in [0.5, 0.6) is 0 Å². The Labute approximate surface area is 175 Å². The summed E-state index contributed by atoms with van der Waals surface area (Å²) in [5, 5.41) is 7.21. The van der Waals surface area contributed by atoms with E-state index in [-0.39, 0.29) is 11.8 Å². The maximum Gasteiger partial charge on any atom is 0.256 e. The molecule has 0 spiro atoms. The van der Waals surface area contributed by atoms with E-state index >= 15 is 0 Å². The van der Waals surface area contributed by atoms with E-state index in [4.69, 9.17) is 4.74 Å². The topological polar surface area (TPSA) is 76.5 Å². The van der Waals surface area contributed by atoms with Crippen LogP contribution in [-0.4, -0.2) is 52.8 Å². The van der Waals surface area contributed by atoms with Crippen LogP contribution in [0.15, 0.2) is 54.9 Å². The van der Waals surface area contributed by atoms with E-state index in [9.17, 15) is 9.59 Å². The molecule has 0 bridgehead atoms. The molecule has 0 radical (unpaired) electrons. The Hall–Kier alpha value is -3.45. The van der Waals surface area contributed by atoms with Gasteiger partial charge in [0.15, 0.2) is 0 Å². The van der Waals surface area contributed by atoms with E-state index in [1.807, 2.05) is 44.2 Å². The van der Waals surface area contributed by atoms with Crippen LogP contribution in [0.2, 0.25) is 0 Å². The fourth-order valence-electron chi connectivity index (χ4n) is 3.50. The van der Waals surface area contributed by atoms with E-state index < -0.39 is 0 Å². The van der Waals surface area contributed by atoms with Crippen molar-refractivity contribution < 1.29 is 14.3 Å². The first-order valence-electron chi connectivity index (χ1n) is 9.92. The van der Waals surface area contributed by atoms with Gasteiger partial charge in [-0.05, 0) is 49.7 Å². The van der Waals surface area contributed by atoms with Crippen molar-refractivity contribution in [3.05, 3.63) is 77.1 Å². The van der Waals surface area contributed by atoms with Gasteiger partial charge in [0.05, 0.1) is 37.0 Å². The Morgan fingerprint density at radius 2 is 1.77 bits per heavy atom. The smallest absolute Gasteiger partial charge is 0.256 e. The second-order valence-electron chi connectivity index (χ2n) is 7.40. The highest BCUT2D eigenvalue weighted by Gasteiger charge is 2.18. The van der Waals surface area contributed by atoms with Gasteiger partial charge in [0.1, 0.15) is 0 Å². The lowest BCUT2D eigenvalue weighted by Crippen LogP contribution is -2.40. The summed E-state index contributed by atoms with van der Waals surface area (Å²) in [6.07, 6.45) is 3.36. The summed E-state index contributed by atoms with van der Waals surface area (Å²) in [6.45, 7) is 6.30. The molecule has 1 saturated heterocycles. The van der Waals surface area contributed by atoms with Gasteiger partial charge in [-0.3, -0.25) is 9.59 Å². The number of anilines is 1. The maximum absolute atomic E-state index is 12.6. The highest BCUT2D eigenvalue weighted by Crippen LogP contribution is 2.17. The van der Waals surface area contributed by atoms with Gasteiger partial charge in [0.25, 0.3) is 11.8 Å². The van der Waals surface area contributed by atoms with Crippen LogP contribution in [-0.2, 0) is 4.74 Å². The molecule has 154 valence electrons. The number of nitrogens with one attached hydrogen (secondary N) is 1. The molecule has 1 aromatic heterocycles. The third-order valence-corrected chi connectivity index (χ3v) is 5.14. The van der Waals surface area contributed by atoms with Gasteiger partial charge in [0, 0.05) is 24.2 Å². The van der Waals surface area contributed by atoms with E-state index in [2.05, 4.69) is 10.4 Å². The van der Waals surface area contributed by atoms with Crippen molar-refractivity contribution in [3.8, 4) is 5.69 Å². The van der Waals surface area contributed by atoms with Crippen molar-refractivity contribution in [3.63, 3.8) is 0 Å². The first-order valence-corrected chi connectivity index (χ1v) is 9.92. The number of carbonyl (C=O) groups is 2. The number of morpholine rings is 1. The molecule has 4 rings (SSSR count). The van der Waals surface area contributed by atoms with Crippen LogP contribution in [0.4, 0.5) is 5.69 Å². The summed E-state index contributed by atoms with van der Waals surface area (Å²) in [4.78, 5) is 26.9. The molecule has 1 aliphatic heterocycles. The van der Waals surface area contributed by atoms with Gasteiger partial charge in [-0.25, -0.2) is 4.68 Å². The number of benzene rings is 2. The molecule has 2 heterocycles. The molecule has 0 saturated carbocycles. The average Bonchev–Trinajstić information content (AvgIpc) is 3.22. The third kappa shape index (κ3) is 4.26. The van der Waals surface area contributed by atoms with Crippen molar-refractivity contribution in [1.82, 2.24) is 14.7 Å². The molecule has 0 unspecified atom stereocenters. The number of amides is 2. The Morgan fingerprint density at radius 1 is 1.03 bits per heavy atom. The molecule has 30 heavy (non-hydrogen) atoms. The Morgan fingerprint density at radius 3 is 2.47 bits per heavy atom. The lowest BCUT2D eigenvalue weighted by atomic mass is 10.1. The van der Waals surface area contributed by atoms with Crippen molar-refractivity contribution in [2.45, 2.75) is 13.8 Å². The number of hydrogen-bond donors (Lipinski definition) is 1. The summed E-state index contributed by atoms with van der Waals surface area (Å²) in [6, 6.07) is 13.0. The Balaban J connectivity index is 1.44. The number of rotatable bonds is 4. The van der Waals surface area contributed by atoms with Crippen LogP contribution in [0.1, 0.15) is 31.8 Å². The molecule has 2 amide bonds. The van der Waals surface area contributed by atoms with Gasteiger partial charge in [-0.1, -0.05) is 17.7 Å². The largest absolute Gasteiger partial charge is 0.378 e. The highest BCUT2D eigenvalue weighted by atomic mass is 16.5. The number of hydrogen-bond acceptors (Lipinski definition) is 4. The number of ether oxygens (including phenoxy) is 1. The molecule has 0 atom stereocenters. The number of nitrogens with zero attached hydrogens (tertiary/aromatic N) is 3. The third-order valence-electron chi connectivity index (χ3n) is 5.14. The number of carbonyl (C=O) groups excluding carboxylic acids is 2. The van der Waals surface area contributed by atoms with Gasteiger partial charge in [-0.2, -0.15) is 5.10 Å². The predicted octanol–water partition coefficient (Wildman–Crippen LogP) is 3.21. The second-order valence-corrected chi connectivity index (χ2v) is 7.40. The summed E-state index contributed by atoms with van der Waals surface area (Å²) in [5.41, 5.74) is 4.73. The normalized spacial score (nSPS) is 13.9. The van der Waals surface area contributed by atoms with Crippen molar-refractivity contribution in [1.29, 1.82) is 0 Å². The minimum atomic E-state index is -0.168. The van der Waals surface area contributed by atoms with E-state index in [1.54, 1.807) is 34.1 Å². The first-order chi connectivity index (χ1) is 14.5. The summed E-state index contributed by atoms with van der Waals surface area (Å²) >= 11 is 0. The van der Waals surface area contributed by atoms with Crippen LogP contribution in [0.3, 0.4) is 0 Å². The van der Waals surface area contributed by atoms with Crippen LogP contribution < -0.4 is 5.32 Å². The zero-order chi connectivity index (χ0) is 21.1. The molecule has 7 heteroatoms. The summed E-state index contributed by atoms with van der Waals surface area (Å²) in [7, 11) is 0. The van der Waals surface area contributed by atoms with Crippen LogP contribution in [0.25, 0.3) is 5.69 Å². The lowest BCUT2D eigenvalue weighted by Gasteiger charge is -2.26. The molecule has 1 fully saturated rings. The standard InChI is InChI=1S/C23H24N4O3/c1-16-3-8-21(17(2)13-16)22(28)25-19-14-24-27(15-19)20-6-4-18(5-7-20)23(29)26-9-11-30-12-10-26/h3-8,13-15H,9-12H2,1-2H3,(H,25,28). The molecule has 3 aromatic rings.